The fourth-order valence-corrected chi connectivity index (χ4v) is 9.21. The molecule has 4 heterocycles. The van der Waals surface area contributed by atoms with Gasteiger partial charge in [-0.25, -0.2) is 4.98 Å². The number of hydrogen-bond acceptors (Lipinski definition) is 6. The van der Waals surface area contributed by atoms with Gasteiger partial charge >= 0.3 is 0 Å². The van der Waals surface area contributed by atoms with Crippen LogP contribution in [-0.2, 0) is 0 Å². The first kappa shape index (κ1) is 30.3. The molecule has 5 nitrogen and oxygen atoms in total. The van der Waals surface area contributed by atoms with Gasteiger partial charge in [0, 0.05) is 61.0 Å². The maximum atomic E-state index is 6.49. The number of aromatic nitrogens is 1. The van der Waals surface area contributed by atoms with E-state index in [2.05, 4.69) is 138 Å². The van der Waals surface area contributed by atoms with Crippen LogP contribution in [0.15, 0.2) is 183 Å². The number of nitrogens with zero attached hydrogens (tertiary/aromatic N) is 2. The molecule has 0 bridgehead atoms. The third-order valence-corrected chi connectivity index (χ3v) is 11.8. The maximum Gasteiger partial charge on any atom is 0.137 e. The number of thiazole rings is 1. The molecule has 12 rings (SSSR count). The Labute approximate surface area is 317 Å². The van der Waals surface area contributed by atoms with Gasteiger partial charge in [0.05, 0.1) is 10.2 Å². The predicted octanol–water partition coefficient (Wildman–Crippen LogP) is 14.8. The van der Waals surface area contributed by atoms with Gasteiger partial charge in [0.15, 0.2) is 0 Å². The molecule has 8 aromatic carbocycles. The minimum Gasteiger partial charge on any atom is -0.456 e. The number of rotatable bonds is 5. The van der Waals surface area contributed by atoms with Crippen molar-refractivity contribution in [2.75, 3.05) is 4.90 Å². The fourth-order valence-electron chi connectivity index (χ4n) is 8.09. The second kappa shape index (κ2) is 11.7. The van der Waals surface area contributed by atoms with Crippen LogP contribution < -0.4 is 4.90 Å². The Hall–Kier alpha value is -7.15. The van der Waals surface area contributed by atoms with Crippen molar-refractivity contribution in [2.24, 2.45) is 0 Å². The molecule has 0 N–H and O–H groups in total. The molecule has 0 amide bonds. The van der Waals surface area contributed by atoms with Gasteiger partial charge in [-0.2, -0.15) is 0 Å². The lowest BCUT2D eigenvalue weighted by molar-refractivity contribution is 0.668. The molecule has 0 unspecified atom stereocenters. The van der Waals surface area contributed by atoms with E-state index in [1.165, 1.54) is 0 Å². The Balaban J connectivity index is 0.961. The second-order valence-electron chi connectivity index (χ2n) is 13.9. The van der Waals surface area contributed by atoms with Gasteiger partial charge in [0.1, 0.15) is 38.5 Å². The second-order valence-corrected chi connectivity index (χ2v) is 14.9. The molecular formula is C49H28N2O3S. The zero-order valence-corrected chi connectivity index (χ0v) is 30.0. The molecule has 0 aliphatic rings. The maximum absolute atomic E-state index is 6.49. The van der Waals surface area contributed by atoms with E-state index >= 15 is 0 Å². The highest BCUT2D eigenvalue weighted by molar-refractivity contribution is 7.22. The Morgan fingerprint density at radius 1 is 0.382 bits per heavy atom. The van der Waals surface area contributed by atoms with E-state index in [9.17, 15) is 0 Å². The average Bonchev–Trinajstić information content (AvgIpc) is 4.02. The molecule has 0 aliphatic heterocycles. The summed E-state index contributed by atoms with van der Waals surface area (Å²) >= 11 is 1.72. The van der Waals surface area contributed by atoms with E-state index in [-0.39, 0.29) is 0 Å². The first-order valence-corrected chi connectivity index (χ1v) is 19.1. The van der Waals surface area contributed by atoms with E-state index in [1.807, 2.05) is 36.4 Å². The zero-order chi connectivity index (χ0) is 36.0. The van der Waals surface area contributed by atoms with Crippen molar-refractivity contribution in [1.29, 1.82) is 0 Å². The van der Waals surface area contributed by atoms with Gasteiger partial charge in [-0.05, 0) is 90.0 Å². The van der Waals surface area contributed by atoms with Crippen molar-refractivity contribution in [2.45, 2.75) is 0 Å². The van der Waals surface area contributed by atoms with E-state index < -0.39 is 0 Å². The Kier molecular flexibility index (Phi) is 6.44. The summed E-state index contributed by atoms with van der Waals surface area (Å²) in [6, 6.07) is 59.0. The van der Waals surface area contributed by atoms with Gasteiger partial charge in [-0.1, -0.05) is 84.9 Å². The molecule has 0 saturated heterocycles. The molecule has 4 aromatic heterocycles. The highest BCUT2D eigenvalue weighted by Gasteiger charge is 2.19. The van der Waals surface area contributed by atoms with Crippen molar-refractivity contribution in [3.63, 3.8) is 0 Å². The first-order valence-electron chi connectivity index (χ1n) is 18.3. The van der Waals surface area contributed by atoms with Crippen LogP contribution in [0, 0.1) is 0 Å². The summed E-state index contributed by atoms with van der Waals surface area (Å²) in [7, 11) is 0. The number of benzene rings is 8. The summed E-state index contributed by atoms with van der Waals surface area (Å²) in [6.45, 7) is 0. The van der Waals surface area contributed by atoms with Crippen molar-refractivity contribution >= 4 is 104 Å². The summed E-state index contributed by atoms with van der Waals surface area (Å²) in [4.78, 5) is 7.25. The van der Waals surface area contributed by atoms with Crippen LogP contribution in [0.5, 0.6) is 0 Å². The quantitative estimate of drug-likeness (QED) is 0.177. The monoisotopic (exact) mass is 724 g/mol. The van der Waals surface area contributed by atoms with E-state index in [4.69, 9.17) is 18.2 Å². The molecule has 0 saturated carbocycles. The zero-order valence-electron chi connectivity index (χ0n) is 29.2. The van der Waals surface area contributed by atoms with E-state index in [0.29, 0.717) is 0 Å². The van der Waals surface area contributed by atoms with Crippen LogP contribution in [0.25, 0.3) is 97.7 Å². The summed E-state index contributed by atoms with van der Waals surface area (Å²) < 4.78 is 20.2. The smallest absolute Gasteiger partial charge is 0.137 e. The van der Waals surface area contributed by atoms with Crippen molar-refractivity contribution in [3.05, 3.63) is 170 Å². The highest BCUT2D eigenvalue weighted by Crippen LogP contribution is 2.43. The van der Waals surface area contributed by atoms with Crippen molar-refractivity contribution < 1.29 is 13.3 Å². The molecule has 6 heteroatoms. The molecule has 12 aromatic rings. The molecule has 0 atom stereocenters. The third kappa shape index (κ3) is 4.75. The van der Waals surface area contributed by atoms with Crippen LogP contribution >= 0.6 is 11.3 Å². The fraction of sp³-hybridized carbons (Fsp3) is 0. The summed E-state index contributed by atoms with van der Waals surface area (Å²) in [6.07, 6.45) is 0. The van der Waals surface area contributed by atoms with Gasteiger partial charge in [-0.15, -0.1) is 11.3 Å². The normalized spacial score (nSPS) is 12.0. The Morgan fingerprint density at radius 2 is 0.964 bits per heavy atom. The molecule has 258 valence electrons. The number of hydrogen-bond donors (Lipinski definition) is 0. The van der Waals surface area contributed by atoms with Crippen LogP contribution in [0.4, 0.5) is 17.1 Å². The average molecular weight is 725 g/mol. The summed E-state index contributed by atoms with van der Waals surface area (Å²) in [5.74, 6) is 0. The van der Waals surface area contributed by atoms with E-state index in [1.54, 1.807) is 11.3 Å². The lowest BCUT2D eigenvalue weighted by Crippen LogP contribution is -2.09. The third-order valence-electron chi connectivity index (χ3n) is 10.7. The molecule has 0 radical (unpaired) electrons. The predicted molar refractivity (Wildman–Crippen MR) is 227 cm³/mol. The highest BCUT2D eigenvalue weighted by atomic mass is 32.1. The van der Waals surface area contributed by atoms with Crippen LogP contribution in [0.2, 0.25) is 0 Å². The molecule has 0 spiro atoms. The largest absolute Gasteiger partial charge is 0.456 e. The minimum absolute atomic E-state index is 0.848. The number of furan rings is 3. The van der Waals surface area contributed by atoms with Gasteiger partial charge in [-0.3, -0.25) is 0 Å². The number of fused-ring (bicyclic) bond motifs is 11. The summed E-state index contributed by atoms with van der Waals surface area (Å²) in [5.41, 5.74) is 12.6. The van der Waals surface area contributed by atoms with Crippen LogP contribution in [-0.4, -0.2) is 4.98 Å². The Morgan fingerprint density at radius 3 is 1.80 bits per heavy atom. The van der Waals surface area contributed by atoms with Gasteiger partial charge in [0.2, 0.25) is 0 Å². The minimum atomic E-state index is 0.848. The molecule has 0 aliphatic carbocycles. The molecule has 0 fully saturated rings. The number of anilines is 3. The lowest BCUT2D eigenvalue weighted by atomic mass is 10.0. The Bertz CT molecular complexity index is 3440. The lowest BCUT2D eigenvalue weighted by Gasteiger charge is -2.25. The van der Waals surface area contributed by atoms with Crippen LogP contribution in [0.1, 0.15) is 0 Å². The molecule has 55 heavy (non-hydrogen) atoms. The van der Waals surface area contributed by atoms with Crippen LogP contribution in [0.3, 0.4) is 0 Å². The standard InChI is InChI=1S/C49H28N2O3S/c1-2-8-30(9-3-1)49-50-40-23-25-44-47(48(40)55-49)38-21-16-31(26-45(38)54-44)29-14-17-32(18-15-29)51(33-20-24-43-39(27-33)36-11-5-7-13-42(36)52-43)34-19-22-37-35-10-4-6-12-41(35)53-46(37)28-34/h1-28H. The van der Waals surface area contributed by atoms with Crippen molar-refractivity contribution in [3.8, 4) is 21.7 Å². The summed E-state index contributed by atoms with van der Waals surface area (Å²) in [5, 5.41) is 7.60. The number of para-hydroxylation sites is 2. The molecular weight excluding hydrogens is 697 g/mol. The van der Waals surface area contributed by atoms with Gasteiger partial charge in [0.25, 0.3) is 0 Å². The van der Waals surface area contributed by atoms with Gasteiger partial charge < -0.3 is 18.2 Å². The SMILES string of the molecule is c1ccc(-c2nc3ccc4oc5cc(-c6ccc(N(c7ccc8c(c7)oc7ccccc78)c7ccc8oc9ccccc9c8c7)cc6)ccc5c4c3s2)cc1. The van der Waals surface area contributed by atoms with E-state index in [0.717, 1.165) is 115 Å². The van der Waals surface area contributed by atoms with Crippen molar-refractivity contribution in [1.82, 2.24) is 4.98 Å². The topological polar surface area (TPSA) is 55.6 Å². The first-order chi connectivity index (χ1) is 27.2.